The molecule has 9 nitrogen and oxygen atoms in total. The molecule has 0 amide bonds. The molecule has 0 spiro atoms. The number of nitrogens with one attached hydrogen (secondary N) is 1. The number of carboxylic acids is 1. The van der Waals surface area contributed by atoms with E-state index in [1.54, 1.807) is 12.1 Å². The molecule has 0 bridgehead atoms. The number of aliphatic carboxylic acids is 1. The molecule has 32 heavy (non-hydrogen) atoms. The smallest absolute Gasteiger partial charge is 0.304 e. The van der Waals surface area contributed by atoms with Crippen molar-refractivity contribution in [3.63, 3.8) is 0 Å². The number of hydrogen-bond donors (Lipinski definition) is 2. The predicted molar refractivity (Wildman–Crippen MR) is 115 cm³/mol. The molecule has 0 aliphatic heterocycles. The lowest BCUT2D eigenvalue weighted by Gasteiger charge is -2.14. The van der Waals surface area contributed by atoms with Gasteiger partial charge in [0, 0.05) is 17.2 Å². The molecule has 0 saturated carbocycles. The maximum Gasteiger partial charge on any atom is 0.304 e. The highest BCUT2D eigenvalue weighted by molar-refractivity contribution is 7.89. The summed E-state index contributed by atoms with van der Waals surface area (Å²) in [6, 6.07) is 12.5. The fourth-order valence-corrected chi connectivity index (χ4v) is 5.05. The van der Waals surface area contributed by atoms with E-state index in [1.165, 1.54) is 0 Å². The highest BCUT2D eigenvalue weighted by Gasteiger charge is 2.29. The lowest BCUT2D eigenvalue weighted by atomic mass is 10.0. The Morgan fingerprint density at radius 1 is 1.34 bits per heavy atom. The van der Waals surface area contributed by atoms with Gasteiger partial charge in [0.1, 0.15) is 0 Å². The second-order valence-corrected chi connectivity index (χ2v) is 9.48. The molecular weight excluding hydrogens is 432 g/mol. The molecular formula is C22H20N4O5S. The Kier molecular flexibility index (Phi) is 5.78. The Morgan fingerprint density at radius 3 is 2.91 bits per heavy atom. The fourth-order valence-electron chi connectivity index (χ4n) is 3.81. The molecule has 2 aromatic carbocycles. The Labute approximate surface area is 184 Å². The standard InChI is InChI=1S/C22H20N4O5S/c1-13-5-6-14(11-15(13)12-23)22-24-21(25-31-22)18-4-2-3-17-16(18)7-8-19(17)26-32(29,30)10-9-20(27)28/h2-6,11,19,26H,7-10H2,1H3,(H,27,28). The third-order valence-electron chi connectivity index (χ3n) is 5.45. The zero-order valence-electron chi connectivity index (χ0n) is 17.2. The number of aryl methyl sites for hydroxylation is 1. The monoisotopic (exact) mass is 452 g/mol. The van der Waals surface area contributed by atoms with Crippen molar-refractivity contribution in [1.82, 2.24) is 14.9 Å². The average molecular weight is 452 g/mol. The number of carbonyl (C=O) groups is 1. The number of carboxylic acid groups (broad SMARTS) is 1. The molecule has 1 unspecified atom stereocenters. The largest absolute Gasteiger partial charge is 0.481 e. The van der Waals surface area contributed by atoms with E-state index in [9.17, 15) is 18.5 Å². The number of fused-ring (bicyclic) bond motifs is 1. The Hall–Kier alpha value is -3.55. The van der Waals surface area contributed by atoms with Crippen molar-refractivity contribution < 1.29 is 22.8 Å². The lowest BCUT2D eigenvalue weighted by molar-refractivity contribution is -0.136. The van der Waals surface area contributed by atoms with Gasteiger partial charge in [0.2, 0.25) is 15.8 Å². The highest BCUT2D eigenvalue weighted by Crippen LogP contribution is 2.37. The number of hydrogen-bond acceptors (Lipinski definition) is 7. The van der Waals surface area contributed by atoms with Crippen LogP contribution in [0.1, 0.15) is 41.1 Å². The van der Waals surface area contributed by atoms with E-state index >= 15 is 0 Å². The lowest BCUT2D eigenvalue weighted by Crippen LogP contribution is -2.30. The minimum Gasteiger partial charge on any atom is -0.481 e. The van der Waals surface area contributed by atoms with E-state index in [4.69, 9.17) is 9.63 Å². The Balaban J connectivity index is 1.61. The molecule has 2 N–H and O–H groups in total. The summed E-state index contributed by atoms with van der Waals surface area (Å²) in [4.78, 5) is 15.2. The van der Waals surface area contributed by atoms with Crippen LogP contribution < -0.4 is 4.72 Å². The molecule has 164 valence electrons. The van der Waals surface area contributed by atoms with E-state index in [0.29, 0.717) is 29.8 Å². The van der Waals surface area contributed by atoms with Crippen molar-refractivity contribution in [3.05, 3.63) is 58.7 Å². The summed E-state index contributed by atoms with van der Waals surface area (Å²) < 4.78 is 32.5. The van der Waals surface area contributed by atoms with Gasteiger partial charge in [-0.05, 0) is 48.6 Å². The van der Waals surface area contributed by atoms with Gasteiger partial charge < -0.3 is 9.63 Å². The van der Waals surface area contributed by atoms with Crippen molar-refractivity contribution in [3.8, 4) is 28.9 Å². The number of rotatable bonds is 7. The van der Waals surface area contributed by atoms with Crippen molar-refractivity contribution in [2.45, 2.75) is 32.2 Å². The van der Waals surface area contributed by atoms with Crippen molar-refractivity contribution in [2.24, 2.45) is 0 Å². The molecule has 1 atom stereocenters. The van der Waals surface area contributed by atoms with Gasteiger partial charge in [-0.2, -0.15) is 10.2 Å². The van der Waals surface area contributed by atoms with Crippen LogP contribution in [0.25, 0.3) is 22.8 Å². The third-order valence-corrected chi connectivity index (χ3v) is 6.83. The quantitative estimate of drug-likeness (QED) is 0.556. The van der Waals surface area contributed by atoms with Crippen LogP contribution in [0.15, 0.2) is 40.9 Å². The summed E-state index contributed by atoms with van der Waals surface area (Å²) in [6.45, 7) is 1.85. The van der Waals surface area contributed by atoms with Gasteiger partial charge in [0.05, 0.1) is 23.8 Å². The first-order chi connectivity index (χ1) is 15.3. The summed E-state index contributed by atoms with van der Waals surface area (Å²) in [5, 5.41) is 22.1. The summed E-state index contributed by atoms with van der Waals surface area (Å²) in [7, 11) is -3.73. The van der Waals surface area contributed by atoms with Crippen LogP contribution in [0, 0.1) is 18.3 Å². The predicted octanol–water partition coefficient (Wildman–Crippen LogP) is 2.97. The van der Waals surface area contributed by atoms with Gasteiger partial charge in [-0.3, -0.25) is 4.79 Å². The van der Waals surface area contributed by atoms with Crippen LogP contribution in [0.2, 0.25) is 0 Å². The van der Waals surface area contributed by atoms with Gasteiger partial charge in [-0.1, -0.05) is 29.4 Å². The maximum atomic E-state index is 12.3. The first-order valence-corrected chi connectivity index (χ1v) is 11.6. The van der Waals surface area contributed by atoms with E-state index in [-0.39, 0.29) is 5.89 Å². The first kappa shape index (κ1) is 21.7. The second-order valence-electron chi connectivity index (χ2n) is 7.61. The summed E-state index contributed by atoms with van der Waals surface area (Å²) in [5.41, 5.74) is 4.51. The van der Waals surface area contributed by atoms with E-state index in [0.717, 1.165) is 22.3 Å². The number of sulfonamides is 1. The van der Waals surface area contributed by atoms with Gasteiger partial charge in [0.25, 0.3) is 5.89 Å². The fraction of sp³-hybridized carbons (Fsp3) is 0.273. The van der Waals surface area contributed by atoms with Crippen LogP contribution in [0.4, 0.5) is 0 Å². The summed E-state index contributed by atoms with van der Waals surface area (Å²) in [6.07, 6.45) is 0.713. The topological polar surface area (TPSA) is 146 Å². The molecule has 0 saturated heterocycles. The zero-order valence-corrected chi connectivity index (χ0v) is 18.0. The summed E-state index contributed by atoms with van der Waals surface area (Å²) >= 11 is 0. The summed E-state index contributed by atoms with van der Waals surface area (Å²) in [5.74, 6) is -0.959. The van der Waals surface area contributed by atoms with Crippen LogP contribution in [0.3, 0.4) is 0 Å². The van der Waals surface area contributed by atoms with E-state index in [2.05, 4.69) is 20.9 Å². The number of nitrogens with zero attached hydrogens (tertiary/aromatic N) is 3. The maximum absolute atomic E-state index is 12.3. The van der Waals surface area contributed by atoms with Crippen LogP contribution in [-0.2, 0) is 21.2 Å². The first-order valence-electron chi connectivity index (χ1n) is 9.96. The molecule has 0 fully saturated rings. The van der Waals surface area contributed by atoms with Crippen LogP contribution in [-0.4, -0.2) is 35.4 Å². The van der Waals surface area contributed by atoms with Crippen molar-refractivity contribution in [1.29, 1.82) is 5.26 Å². The minimum atomic E-state index is -3.73. The second kappa shape index (κ2) is 8.53. The average Bonchev–Trinajstić information content (AvgIpc) is 3.40. The zero-order chi connectivity index (χ0) is 22.9. The third kappa shape index (κ3) is 4.39. The Bertz CT molecular complexity index is 1340. The van der Waals surface area contributed by atoms with Crippen molar-refractivity contribution in [2.75, 3.05) is 5.75 Å². The number of aromatic nitrogens is 2. The molecule has 1 aliphatic rings. The minimum absolute atomic E-state index is 0.290. The molecule has 1 heterocycles. The SMILES string of the molecule is Cc1ccc(-c2nc(-c3cccc4c3CCC4NS(=O)(=O)CCC(=O)O)no2)cc1C#N. The van der Waals surface area contributed by atoms with Crippen molar-refractivity contribution >= 4 is 16.0 Å². The van der Waals surface area contributed by atoms with Gasteiger partial charge in [0.15, 0.2) is 0 Å². The highest BCUT2D eigenvalue weighted by atomic mass is 32.2. The molecule has 1 aromatic heterocycles. The Morgan fingerprint density at radius 2 is 2.16 bits per heavy atom. The molecule has 3 aromatic rings. The molecule has 1 aliphatic carbocycles. The van der Waals surface area contributed by atoms with Gasteiger partial charge >= 0.3 is 5.97 Å². The molecule has 0 radical (unpaired) electrons. The van der Waals surface area contributed by atoms with Crippen LogP contribution >= 0.6 is 0 Å². The van der Waals surface area contributed by atoms with E-state index in [1.807, 2.05) is 31.2 Å². The van der Waals surface area contributed by atoms with Gasteiger partial charge in [-0.25, -0.2) is 13.1 Å². The molecule has 10 heteroatoms. The molecule has 4 rings (SSSR count). The van der Waals surface area contributed by atoms with E-state index < -0.39 is 34.2 Å². The number of benzene rings is 2. The number of nitriles is 1. The normalized spacial score (nSPS) is 15.3. The van der Waals surface area contributed by atoms with Gasteiger partial charge in [-0.15, -0.1) is 0 Å². The van der Waals surface area contributed by atoms with Crippen LogP contribution in [0.5, 0.6) is 0 Å².